The van der Waals surface area contributed by atoms with Crippen LogP contribution in [-0.4, -0.2) is 15.1 Å². The zero-order valence-electron chi connectivity index (χ0n) is 11.4. The minimum atomic E-state index is 0.321. The first kappa shape index (κ1) is 13.4. The van der Waals surface area contributed by atoms with Crippen LogP contribution in [0.25, 0.3) is 11.4 Å². The molecule has 0 atom stereocenters. The predicted octanol–water partition coefficient (Wildman–Crippen LogP) is 3.69. The number of nitrogens with zero attached hydrogens (tertiary/aromatic N) is 2. The number of nitrogen functional groups attached to an aromatic ring is 1. The molecule has 1 aliphatic rings. The van der Waals surface area contributed by atoms with Gasteiger partial charge >= 0.3 is 0 Å². The van der Waals surface area contributed by atoms with Crippen LogP contribution in [0, 0.1) is 13.8 Å². The molecule has 1 aliphatic carbocycles. The summed E-state index contributed by atoms with van der Waals surface area (Å²) in [4.78, 5) is 9.02. The number of halogens is 1. The molecule has 0 saturated heterocycles. The third-order valence-electron chi connectivity index (χ3n) is 3.62. The highest BCUT2D eigenvalue weighted by Crippen LogP contribution is 2.44. The van der Waals surface area contributed by atoms with E-state index in [9.17, 15) is 5.11 Å². The second-order valence-corrected chi connectivity index (χ2v) is 6.16. The van der Waals surface area contributed by atoms with Crippen molar-refractivity contribution in [2.24, 2.45) is 0 Å². The van der Waals surface area contributed by atoms with Crippen molar-refractivity contribution in [3.8, 4) is 17.1 Å². The molecular formula is C15H16BrN3O. The lowest BCUT2D eigenvalue weighted by molar-refractivity contribution is 0.467. The number of phenols is 1. The lowest BCUT2D eigenvalue weighted by Crippen LogP contribution is -2.02. The van der Waals surface area contributed by atoms with Crippen LogP contribution in [0.2, 0.25) is 0 Å². The van der Waals surface area contributed by atoms with E-state index in [0.717, 1.165) is 39.7 Å². The molecule has 4 nitrogen and oxygen atoms in total. The maximum atomic E-state index is 9.86. The molecule has 3 rings (SSSR count). The minimum Gasteiger partial charge on any atom is -0.507 e. The van der Waals surface area contributed by atoms with Crippen molar-refractivity contribution >= 4 is 21.7 Å². The molecule has 0 amide bonds. The monoisotopic (exact) mass is 333 g/mol. The Hall–Kier alpha value is -1.62. The summed E-state index contributed by atoms with van der Waals surface area (Å²) < 4.78 is 0.816. The number of aromatic hydroxyl groups is 1. The Morgan fingerprint density at radius 3 is 2.35 bits per heavy atom. The van der Waals surface area contributed by atoms with E-state index < -0.39 is 0 Å². The van der Waals surface area contributed by atoms with Gasteiger partial charge in [-0.15, -0.1) is 0 Å². The maximum absolute atomic E-state index is 9.86. The highest BCUT2D eigenvalue weighted by Gasteiger charge is 2.29. The number of phenolic OH excluding ortho intramolecular Hbond substituents is 1. The van der Waals surface area contributed by atoms with Gasteiger partial charge in [0.15, 0.2) is 5.82 Å². The first-order valence-corrected chi connectivity index (χ1v) is 7.40. The Morgan fingerprint density at radius 1 is 1.20 bits per heavy atom. The molecule has 1 aromatic carbocycles. The van der Waals surface area contributed by atoms with Crippen molar-refractivity contribution in [1.29, 1.82) is 0 Å². The predicted molar refractivity (Wildman–Crippen MR) is 82.7 cm³/mol. The number of aryl methyl sites for hydroxylation is 2. The first-order valence-electron chi connectivity index (χ1n) is 6.61. The van der Waals surface area contributed by atoms with Gasteiger partial charge in [-0.3, -0.25) is 0 Å². The molecule has 2 aromatic rings. The van der Waals surface area contributed by atoms with Gasteiger partial charge in [-0.2, -0.15) is 0 Å². The second kappa shape index (κ2) is 4.74. The number of anilines is 1. The van der Waals surface area contributed by atoms with E-state index >= 15 is 0 Å². The fourth-order valence-corrected chi connectivity index (χ4v) is 2.82. The van der Waals surface area contributed by atoms with Gasteiger partial charge < -0.3 is 10.8 Å². The average molecular weight is 334 g/mol. The normalized spacial score (nSPS) is 14.6. The Balaban J connectivity index is 2.15. The summed E-state index contributed by atoms with van der Waals surface area (Å²) in [6.07, 6.45) is 2.31. The van der Waals surface area contributed by atoms with Gasteiger partial charge in [-0.25, -0.2) is 9.97 Å². The van der Waals surface area contributed by atoms with Gasteiger partial charge in [0.25, 0.3) is 0 Å². The summed E-state index contributed by atoms with van der Waals surface area (Å²) in [7, 11) is 0. The van der Waals surface area contributed by atoms with Crippen LogP contribution in [0.1, 0.15) is 35.6 Å². The number of aromatic nitrogens is 2. The summed E-state index contributed by atoms with van der Waals surface area (Å²) in [6, 6.07) is 3.78. The summed E-state index contributed by atoms with van der Waals surface area (Å²) in [6.45, 7) is 3.74. The van der Waals surface area contributed by atoms with Crippen LogP contribution in [-0.2, 0) is 0 Å². The molecule has 0 bridgehead atoms. The average Bonchev–Trinajstić information content (AvgIpc) is 3.22. The number of hydrogen-bond acceptors (Lipinski definition) is 4. The third-order valence-corrected chi connectivity index (χ3v) is 4.43. The molecule has 104 valence electrons. The quantitative estimate of drug-likeness (QED) is 0.879. The van der Waals surface area contributed by atoms with E-state index in [1.165, 1.54) is 0 Å². The maximum Gasteiger partial charge on any atom is 0.161 e. The van der Waals surface area contributed by atoms with E-state index in [2.05, 4.69) is 25.9 Å². The largest absolute Gasteiger partial charge is 0.507 e. The Bertz CT molecular complexity index is 673. The lowest BCUT2D eigenvalue weighted by atomic mass is 10.1. The van der Waals surface area contributed by atoms with E-state index in [0.29, 0.717) is 23.3 Å². The highest BCUT2D eigenvalue weighted by molar-refractivity contribution is 9.10. The molecule has 0 unspecified atom stereocenters. The number of rotatable bonds is 2. The van der Waals surface area contributed by atoms with Crippen LogP contribution < -0.4 is 5.73 Å². The zero-order chi connectivity index (χ0) is 14.4. The molecule has 20 heavy (non-hydrogen) atoms. The smallest absolute Gasteiger partial charge is 0.161 e. The molecular weight excluding hydrogens is 318 g/mol. The van der Waals surface area contributed by atoms with Crippen molar-refractivity contribution in [3.05, 3.63) is 33.4 Å². The van der Waals surface area contributed by atoms with E-state index in [-0.39, 0.29) is 0 Å². The number of benzene rings is 1. The van der Waals surface area contributed by atoms with Crippen LogP contribution in [0.15, 0.2) is 16.6 Å². The molecule has 1 heterocycles. The summed E-state index contributed by atoms with van der Waals surface area (Å²) >= 11 is 3.48. The second-order valence-electron chi connectivity index (χ2n) is 5.36. The molecule has 0 radical (unpaired) electrons. The molecule has 0 spiro atoms. The molecule has 3 N–H and O–H groups in total. The van der Waals surface area contributed by atoms with Gasteiger partial charge in [0.2, 0.25) is 0 Å². The Morgan fingerprint density at radius 2 is 1.80 bits per heavy atom. The van der Waals surface area contributed by atoms with E-state index in [4.69, 9.17) is 5.73 Å². The van der Waals surface area contributed by atoms with E-state index in [1.807, 2.05) is 26.0 Å². The topological polar surface area (TPSA) is 72.0 Å². The number of hydrogen-bond donors (Lipinski definition) is 2. The fourth-order valence-electron chi connectivity index (χ4n) is 2.32. The third kappa shape index (κ3) is 2.26. The van der Waals surface area contributed by atoms with Crippen LogP contribution in [0.3, 0.4) is 0 Å². The summed E-state index contributed by atoms with van der Waals surface area (Å²) in [5.74, 6) is 1.91. The van der Waals surface area contributed by atoms with Gasteiger partial charge in [0, 0.05) is 11.5 Å². The van der Waals surface area contributed by atoms with Gasteiger partial charge in [0.1, 0.15) is 11.6 Å². The van der Waals surface area contributed by atoms with Crippen molar-refractivity contribution < 1.29 is 5.11 Å². The van der Waals surface area contributed by atoms with Crippen LogP contribution >= 0.6 is 15.9 Å². The minimum absolute atomic E-state index is 0.321. The molecule has 1 fully saturated rings. The molecule has 5 heteroatoms. The number of nitrogens with two attached hydrogens (primary N) is 1. The molecule has 1 saturated carbocycles. The van der Waals surface area contributed by atoms with E-state index in [1.54, 1.807) is 0 Å². The zero-order valence-corrected chi connectivity index (χ0v) is 13.0. The summed E-state index contributed by atoms with van der Waals surface area (Å²) in [5.41, 5.74) is 9.50. The van der Waals surface area contributed by atoms with Crippen molar-refractivity contribution in [1.82, 2.24) is 9.97 Å². The molecule has 1 aromatic heterocycles. The SMILES string of the molecule is Cc1cc(-c2nc(N)c(Br)c(C3CC3)n2)cc(C)c1O. The van der Waals surface area contributed by atoms with Crippen molar-refractivity contribution in [2.75, 3.05) is 5.73 Å². The first-order chi connectivity index (χ1) is 9.47. The Labute approximate surface area is 126 Å². The van der Waals surface area contributed by atoms with Crippen LogP contribution in [0.4, 0.5) is 5.82 Å². The summed E-state index contributed by atoms with van der Waals surface area (Å²) in [5, 5.41) is 9.86. The van der Waals surface area contributed by atoms with Crippen molar-refractivity contribution in [3.63, 3.8) is 0 Å². The fraction of sp³-hybridized carbons (Fsp3) is 0.333. The van der Waals surface area contributed by atoms with Gasteiger partial charge in [0.05, 0.1) is 10.2 Å². The van der Waals surface area contributed by atoms with Crippen molar-refractivity contribution in [2.45, 2.75) is 32.6 Å². The standard InChI is InChI=1S/C15H16BrN3O/c1-7-5-10(6-8(2)13(7)20)15-18-12(9-3-4-9)11(16)14(17)19-15/h5-6,9,20H,3-4H2,1-2H3,(H2,17,18,19). The van der Waals surface area contributed by atoms with Crippen LogP contribution in [0.5, 0.6) is 5.75 Å². The Kier molecular flexibility index (Phi) is 3.17. The van der Waals surface area contributed by atoms with Gasteiger partial charge in [-0.1, -0.05) is 0 Å². The lowest BCUT2D eigenvalue weighted by Gasteiger charge is -2.10. The molecule has 0 aliphatic heterocycles. The van der Waals surface area contributed by atoms with Gasteiger partial charge in [-0.05, 0) is 65.9 Å². The highest BCUT2D eigenvalue weighted by atomic mass is 79.9.